The Hall–Kier alpha value is -6.80. The van der Waals surface area contributed by atoms with E-state index in [0.29, 0.717) is 0 Å². The van der Waals surface area contributed by atoms with Crippen LogP contribution >= 0.6 is 0 Å². The van der Waals surface area contributed by atoms with Gasteiger partial charge in [0.1, 0.15) is 23.0 Å². The summed E-state index contributed by atoms with van der Waals surface area (Å²) in [4.78, 5) is 17.7. The van der Waals surface area contributed by atoms with Gasteiger partial charge >= 0.3 is 0 Å². The van der Waals surface area contributed by atoms with E-state index in [1.807, 2.05) is 146 Å². The van der Waals surface area contributed by atoms with E-state index in [9.17, 15) is 0 Å². The summed E-state index contributed by atoms with van der Waals surface area (Å²) in [5, 5.41) is 0. The summed E-state index contributed by atoms with van der Waals surface area (Å²) < 4.78 is 20.6. The average Bonchev–Trinajstić information content (AvgIpc) is 3.22. The molecular weight excluding hydrogens is 649 g/mol. The largest absolute Gasteiger partial charge is 0.497 e. The van der Waals surface area contributed by atoms with Gasteiger partial charge in [-0.3, -0.25) is 19.9 Å². The molecule has 0 bridgehead atoms. The molecule has 6 rings (SSSR count). The van der Waals surface area contributed by atoms with Crippen LogP contribution in [0, 0.1) is 0 Å². The molecule has 2 aromatic heterocycles. The van der Waals surface area contributed by atoms with Crippen LogP contribution in [-0.2, 0) is 0 Å². The van der Waals surface area contributed by atoms with Crippen LogP contribution in [0.4, 0.5) is 0 Å². The number of hydrogen-bond donors (Lipinski definition) is 0. The molecule has 0 unspecified atom stereocenters. The number of rotatable bonds is 12. The van der Waals surface area contributed by atoms with Crippen LogP contribution in [0.5, 0.6) is 23.0 Å². The van der Waals surface area contributed by atoms with Gasteiger partial charge in [-0.25, -0.2) is 0 Å². The molecule has 260 valence electrons. The summed E-state index contributed by atoms with van der Waals surface area (Å²) in [7, 11) is 6.63. The average molecular weight is 689 g/mol. The molecule has 4 aromatic carbocycles. The highest BCUT2D eigenvalue weighted by atomic mass is 16.5. The first-order valence-electron chi connectivity index (χ1n) is 16.5. The van der Waals surface area contributed by atoms with Crippen molar-refractivity contribution in [3.8, 4) is 23.0 Å². The molecule has 8 heteroatoms. The van der Waals surface area contributed by atoms with Gasteiger partial charge in [0.15, 0.2) is 0 Å². The van der Waals surface area contributed by atoms with Crippen molar-refractivity contribution in [3.05, 3.63) is 167 Å². The van der Waals surface area contributed by atoms with E-state index < -0.39 is 0 Å². The minimum atomic E-state index is 0.808. The Morgan fingerprint density at radius 1 is 0.288 bits per heavy atom. The third-order valence-corrected chi connectivity index (χ3v) is 7.63. The molecule has 0 saturated heterocycles. The van der Waals surface area contributed by atoms with Crippen molar-refractivity contribution in [1.82, 2.24) is 19.9 Å². The molecule has 0 fully saturated rings. The second-order valence-corrected chi connectivity index (χ2v) is 11.2. The molecule has 0 amide bonds. The van der Waals surface area contributed by atoms with E-state index in [-0.39, 0.29) is 0 Å². The minimum Gasteiger partial charge on any atom is -0.497 e. The van der Waals surface area contributed by atoms with Crippen LogP contribution in [0.2, 0.25) is 0 Å². The van der Waals surface area contributed by atoms with Gasteiger partial charge in [-0.1, -0.05) is 72.8 Å². The molecule has 0 aliphatic carbocycles. The van der Waals surface area contributed by atoms with Gasteiger partial charge in [0.05, 0.1) is 76.0 Å². The second kappa shape index (κ2) is 19.4. The minimum absolute atomic E-state index is 0.808. The van der Waals surface area contributed by atoms with Crippen molar-refractivity contribution in [1.29, 1.82) is 0 Å². The molecule has 0 saturated carbocycles. The molecule has 0 N–H and O–H groups in total. The molecule has 0 aliphatic rings. The van der Waals surface area contributed by atoms with Crippen LogP contribution in [0.1, 0.15) is 45.0 Å². The van der Waals surface area contributed by atoms with Crippen LogP contribution in [0.25, 0.3) is 48.6 Å². The number of aromatic nitrogens is 4. The topological polar surface area (TPSA) is 88.5 Å². The fourth-order valence-electron chi connectivity index (χ4n) is 4.63. The first-order valence-corrected chi connectivity index (χ1v) is 16.5. The van der Waals surface area contributed by atoms with Crippen LogP contribution in [-0.4, -0.2) is 48.4 Å². The zero-order valence-corrected chi connectivity index (χ0v) is 29.6. The summed E-state index contributed by atoms with van der Waals surface area (Å²) >= 11 is 0. The van der Waals surface area contributed by atoms with E-state index in [1.165, 1.54) is 0 Å². The van der Waals surface area contributed by atoms with E-state index >= 15 is 0 Å². The standard InChI is InChI=1S/2C22H20N2O2/c2*1-25-21-11-5-17(6-12-21)3-9-19-15-24-20(16-23-19)10-4-18-7-13-22(26-2)14-8-18/h2*3-16H,1-2H3. The van der Waals surface area contributed by atoms with Crippen LogP contribution in [0.15, 0.2) is 122 Å². The van der Waals surface area contributed by atoms with Crippen molar-refractivity contribution < 1.29 is 18.9 Å². The summed E-state index contributed by atoms with van der Waals surface area (Å²) in [6, 6.07) is 31.4. The Bertz CT molecular complexity index is 1760. The van der Waals surface area contributed by atoms with Crippen molar-refractivity contribution in [2.24, 2.45) is 0 Å². The Kier molecular flexibility index (Phi) is 13.6. The molecule has 0 aliphatic heterocycles. The van der Waals surface area contributed by atoms with Gasteiger partial charge in [-0.05, 0) is 95.1 Å². The number of methoxy groups -OCH3 is 4. The zero-order valence-electron chi connectivity index (χ0n) is 29.6. The molecule has 0 radical (unpaired) electrons. The Morgan fingerprint density at radius 2 is 0.481 bits per heavy atom. The predicted octanol–water partition coefficient (Wildman–Crippen LogP) is 9.67. The van der Waals surface area contributed by atoms with Gasteiger partial charge in [0.25, 0.3) is 0 Å². The number of hydrogen-bond acceptors (Lipinski definition) is 8. The number of ether oxygens (including phenoxy) is 4. The third kappa shape index (κ3) is 11.7. The first-order chi connectivity index (χ1) is 25.5. The van der Waals surface area contributed by atoms with Gasteiger partial charge in [0, 0.05) is 0 Å². The van der Waals surface area contributed by atoms with E-state index in [1.54, 1.807) is 53.2 Å². The Morgan fingerprint density at radius 3 is 0.635 bits per heavy atom. The van der Waals surface area contributed by atoms with E-state index in [0.717, 1.165) is 68.0 Å². The number of benzene rings is 4. The fraction of sp³-hybridized carbons (Fsp3) is 0.0909. The van der Waals surface area contributed by atoms with Crippen molar-refractivity contribution in [2.75, 3.05) is 28.4 Å². The van der Waals surface area contributed by atoms with Crippen LogP contribution in [0.3, 0.4) is 0 Å². The molecule has 0 spiro atoms. The molecule has 52 heavy (non-hydrogen) atoms. The maximum absolute atomic E-state index is 5.15. The molecule has 0 atom stereocenters. The Balaban J connectivity index is 0.000000201. The summed E-state index contributed by atoms with van der Waals surface area (Å²) in [6.45, 7) is 0. The predicted molar refractivity (Wildman–Crippen MR) is 212 cm³/mol. The molecular formula is C44H40N4O4. The monoisotopic (exact) mass is 688 g/mol. The highest BCUT2D eigenvalue weighted by Crippen LogP contribution is 2.17. The zero-order chi connectivity index (χ0) is 36.4. The normalized spacial score (nSPS) is 11.2. The fourth-order valence-corrected chi connectivity index (χ4v) is 4.63. The second-order valence-electron chi connectivity index (χ2n) is 11.2. The molecule has 8 nitrogen and oxygen atoms in total. The van der Waals surface area contributed by atoms with E-state index in [2.05, 4.69) is 19.9 Å². The summed E-state index contributed by atoms with van der Waals surface area (Å²) in [5.74, 6) is 3.37. The van der Waals surface area contributed by atoms with Crippen molar-refractivity contribution >= 4 is 48.6 Å². The SMILES string of the molecule is COc1ccc(C=Cc2cnc(C=Cc3ccc(OC)cc3)cn2)cc1.COc1ccc(C=Cc2cnc(C=Cc3ccc(OC)cc3)cn2)cc1. The lowest BCUT2D eigenvalue weighted by Gasteiger charge is -2.00. The lowest BCUT2D eigenvalue weighted by molar-refractivity contribution is 0.414. The lowest BCUT2D eigenvalue weighted by Crippen LogP contribution is -1.87. The quantitative estimate of drug-likeness (QED) is 0.126. The molecule has 6 aromatic rings. The highest BCUT2D eigenvalue weighted by Gasteiger charge is 1.97. The van der Waals surface area contributed by atoms with Gasteiger partial charge in [-0.15, -0.1) is 0 Å². The first kappa shape index (κ1) is 36.5. The lowest BCUT2D eigenvalue weighted by atomic mass is 10.2. The third-order valence-electron chi connectivity index (χ3n) is 7.63. The van der Waals surface area contributed by atoms with Gasteiger partial charge in [-0.2, -0.15) is 0 Å². The van der Waals surface area contributed by atoms with Crippen molar-refractivity contribution in [3.63, 3.8) is 0 Å². The maximum atomic E-state index is 5.15. The van der Waals surface area contributed by atoms with Gasteiger partial charge < -0.3 is 18.9 Å². The smallest absolute Gasteiger partial charge is 0.118 e. The summed E-state index contributed by atoms with van der Waals surface area (Å²) in [6.07, 6.45) is 22.8. The van der Waals surface area contributed by atoms with Gasteiger partial charge in [0.2, 0.25) is 0 Å². The van der Waals surface area contributed by atoms with Crippen molar-refractivity contribution in [2.45, 2.75) is 0 Å². The maximum Gasteiger partial charge on any atom is 0.118 e. The van der Waals surface area contributed by atoms with E-state index in [4.69, 9.17) is 18.9 Å². The number of nitrogens with zero attached hydrogens (tertiary/aromatic N) is 4. The summed E-state index contributed by atoms with van der Waals surface area (Å²) in [5.41, 5.74) is 7.55. The highest BCUT2D eigenvalue weighted by molar-refractivity contribution is 5.71. The molecule has 2 heterocycles. The van der Waals surface area contributed by atoms with Crippen LogP contribution < -0.4 is 18.9 Å². The Labute approximate surface area is 305 Å².